The molecule has 0 aliphatic rings. The molecule has 1 rings (SSSR count). The summed E-state index contributed by atoms with van der Waals surface area (Å²) in [7, 11) is 8.51. The van der Waals surface area contributed by atoms with Crippen LogP contribution >= 0.6 is 0 Å². The van der Waals surface area contributed by atoms with Gasteiger partial charge in [-0.1, -0.05) is 44.2 Å². The van der Waals surface area contributed by atoms with Crippen LogP contribution in [0.15, 0.2) is 30.3 Å². The summed E-state index contributed by atoms with van der Waals surface area (Å²) in [4.78, 5) is 4.66. The molecule has 0 fully saturated rings. The normalized spacial score (nSPS) is 14.0. The number of nitrogens with one attached hydrogen (secondary N) is 1. The van der Waals surface area contributed by atoms with Gasteiger partial charge in [0.1, 0.15) is 0 Å². The third-order valence-electron chi connectivity index (χ3n) is 3.81. The van der Waals surface area contributed by atoms with Gasteiger partial charge in [0.05, 0.1) is 0 Å². The quantitative estimate of drug-likeness (QED) is 0.787. The molecule has 1 atom stereocenters. The lowest BCUT2D eigenvalue weighted by atomic mass is 9.80. The van der Waals surface area contributed by atoms with Crippen LogP contribution in [0.1, 0.15) is 25.5 Å². The molecular formula is C17H31N3. The zero-order valence-electron chi connectivity index (χ0n) is 14.0. The molecule has 3 nitrogen and oxygen atoms in total. The van der Waals surface area contributed by atoms with E-state index in [0.29, 0.717) is 6.04 Å². The maximum Gasteiger partial charge on any atom is 0.0381 e. The van der Waals surface area contributed by atoms with Gasteiger partial charge in [-0.15, -0.1) is 0 Å². The molecule has 0 bridgehead atoms. The summed E-state index contributed by atoms with van der Waals surface area (Å²) in [5.41, 5.74) is 1.54. The molecule has 0 aromatic heterocycles. The Labute approximate surface area is 125 Å². The van der Waals surface area contributed by atoms with Gasteiger partial charge in [-0.25, -0.2) is 0 Å². The molecule has 0 aliphatic carbocycles. The van der Waals surface area contributed by atoms with E-state index in [0.717, 1.165) is 19.6 Å². The minimum Gasteiger partial charge on any atom is -0.313 e. The third-order valence-corrected chi connectivity index (χ3v) is 3.81. The van der Waals surface area contributed by atoms with E-state index in [1.165, 1.54) is 5.56 Å². The zero-order chi connectivity index (χ0) is 15.2. The number of hydrogen-bond acceptors (Lipinski definition) is 3. The molecule has 0 radical (unpaired) electrons. The van der Waals surface area contributed by atoms with E-state index in [4.69, 9.17) is 0 Å². The highest BCUT2D eigenvalue weighted by Gasteiger charge is 2.30. The summed E-state index contributed by atoms with van der Waals surface area (Å²) in [6, 6.07) is 11.1. The van der Waals surface area contributed by atoms with Crippen molar-refractivity contribution in [2.75, 3.05) is 47.8 Å². The van der Waals surface area contributed by atoms with Gasteiger partial charge in [0.2, 0.25) is 0 Å². The van der Waals surface area contributed by atoms with Gasteiger partial charge in [-0.05, 0) is 39.2 Å². The molecule has 20 heavy (non-hydrogen) atoms. The topological polar surface area (TPSA) is 18.5 Å². The number of hydrogen-bond donors (Lipinski definition) is 1. The summed E-state index contributed by atoms with van der Waals surface area (Å²) >= 11 is 0. The lowest BCUT2D eigenvalue weighted by Crippen LogP contribution is -2.42. The molecule has 0 aliphatic heterocycles. The van der Waals surface area contributed by atoms with Gasteiger partial charge >= 0.3 is 0 Å². The highest BCUT2D eigenvalue weighted by Crippen LogP contribution is 2.33. The summed E-state index contributed by atoms with van der Waals surface area (Å²) in [6.07, 6.45) is 0. The van der Waals surface area contributed by atoms with Gasteiger partial charge in [0.25, 0.3) is 0 Å². The molecule has 0 saturated heterocycles. The Kier molecular flexibility index (Phi) is 6.66. The van der Waals surface area contributed by atoms with Gasteiger partial charge in [-0.2, -0.15) is 0 Å². The van der Waals surface area contributed by atoms with E-state index in [1.807, 2.05) is 0 Å². The Balaban J connectivity index is 2.70. The molecule has 1 aromatic carbocycles. The Morgan fingerprint density at radius 2 is 1.65 bits per heavy atom. The number of rotatable bonds is 8. The van der Waals surface area contributed by atoms with E-state index in [1.54, 1.807) is 0 Å². The lowest BCUT2D eigenvalue weighted by Gasteiger charge is -2.38. The first-order valence-electron chi connectivity index (χ1n) is 7.42. The molecule has 0 amide bonds. The van der Waals surface area contributed by atoms with Gasteiger partial charge in [0, 0.05) is 25.7 Å². The first kappa shape index (κ1) is 17.2. The Morgan fingerprint density at radius 1 is 1.05 bits per heavy atom. The number of likely N-dealkylation sites (N-methyl/N-ethyl adjacent to an activating group) is 2. The third kappa shape index (κ3) is 5.23. The second-order valence-electron chi connectivity index (χ2n) is 6.66. The maximum atomic E-state index is 3.49. The van der Waals surface area contributed by atoms with Crippen LogP contribution in [0.2, 0.25) is 0 Å². The second kappa shape index (κ2) is 7.77. The second-order valence-corrected chi connectivity index (χ2v) is 6.66. The van der Waals surface area contributed by atoms with Crippen LogP contribution in [0.5, 0.6) is 0 Å². The summed E-state index contributed by atoms with van der Waals surface area (Å²) in [6.45, 7) is 7.95. The van der Waals surface area contributed by atoms with Gasteiger partial charge in [0.15, 0.2) is 0 Å². The fourth-order valence-electron chi connectivity index (χ4n) is 2.89. The van der Waals surface area contributed by atoms with Crippen molar-refractivity contribution in [3.63, 3.8) is 0 Å². The van der Waals surface area contributed by atoms with Crippen LogP contribution in [-0.4, -0.2) is 57.6 Å². The van der Waals surface area contributed by atoms with E-state index in [2.05, 4.69) is 87.5 Å². The molecule has 114 valence electrons. The molecule has 0 spiro atoms. The Hall–Kier alpha value is -0.900. The lowest BCUT2D eigenvalue weighted by molar-refractivity contribution is 0.153. The Morgan fingerprint density at radius 3 is 2.15 bits per heavy atom. The molecular weight excluding hydrogens is 246 g/mol. The molecule has 1 unspecified atom stereocenters. The van der Waals surface area contributed by atoms with Crippen LogP contribution in [0.25, 0.3) is 0 Å². The van der Waals surface area contributed by atoms with Crippen LogP contribution in [-0.2, 0) is 0 Å². The van der Waals surface area contributed by atoms with E-state index in [9.17, 15) is 0 Å². The zero-order valence-corrected chi connectivity index (χ0v) is 14.0. The van der Waals surface area contributed by atoms with Crippen LogP contribution in [0.3, 0.4) is 0 Å². The van der Waals surface area contributed by atoms with Crippen molar-refractivity contribution >= 4 is 0 Å². The minimum atomic E-state index is 0.178. The van der Waals surface area contributed by atoms with Crippen molar-refractivity contribution in [1.29, 1.82) is 0 Å². The summed E-state index contributed by atoms with van der Waals surface area (Å²) in [5, 5.41) is 3.49. The standard InChI is InChI=1S/C17H31N3/c1-17(2,14-20(6)13-12-19(4)5)16(18-3)15-10-8-7-9-11-15/h7-11,16,18H,12-14H2,1-6H3. The first-order chi connectivity index (χ1) is 9.36. The van der Waals surface area contributed by atoms with Crippen molar-refractivity contribution in [3.8, 4) is 0 Å². The van der Waals surface area contributed by atoms with E-state index < -0.39 is 0 Å². The average molecular weight is 277 g/mol. The molecule has 0 heterocycles. The van der Waals surface area contributed by atoms with E-state index in [-0.39, 0.29) is 5.41 Å². The summed E-state index contributed by atoms with van der Waals surface area (Å²) in [5.74, 6) is 0. The fraction of sp³-hybridized carbons (Fsp3) is 0.647. The van der Waals surface area contributed by atoms with Crippen LogP contribution < -0.4 is 5.32 Å². The summed E-state index contributed by atoms with van der Waals surface area (Å²) < 4.78 is 0. The minimum absolute atomic E-state index is 0.178. The predicted molar refractivity (Wildman–Crippen MR) is 88.1 cm³/mol. The van der Waals surface area contributed by atoms with Gasteiger partial charge < -0.3 is 15.1 Å². The van der Waals surface area contributed by atoms with Crippen LogP contribution in [0.4, 0.5) is 0 Å². The molecule has 3 heteroatoms. The maximum absolute atomic E-state index is 3.49. The van der Waals surface area contributed by atoms with Crippen molar-refractivity contribution in [2.24, 2.45) is 5.41 Å². The van der Waals surface area contributed by atoms with Crippen molar-refractivity contribution in [3.05, 3.63) is 35.9 Å². The monoisotopic (exact) mass is 277 g/mol. The first-order valence-corrected chi connectivity index (χ1v) is 7.42. The predicted octanol–water partition coefficient (Wildman–Crippen LogP) is 2.47. The molecule has 1 aromatic rings. The van der Waals surface area contributed by atoms with E-state index >= 15 is 0 Å². The highest BCUT2D eigenvalue weighted by molar-refractivity contribution is 5.21. The average Bonchev–Trinajstić information content (AvgIpc) is 2.37. The molecule has 1 N–H and O–H groups in total. The SMILES string of the molecule is CNC(c1ccccc1)C(C)(C)CN(C)CCN(C)C. The largest absolute Gasteiger partial charge is 0.313 e. The van der Waals surface area contributed by atoms with Crippen molar-refractivity contribution < 1.29 is 0 Å². The number of nitrogens with zero attached hydrogens (tertiary/aromatic N) is 2. The Bertz CT molecular complexity index is 373. The van der Waals surface area contributed by atoms with Crippen LogP contribution in [0, 0.1) is 5.41 Å². The number of benzene rings is 1. The molecule has 0 saturated carbocycles. The fourth-order valence-corrected chi connectivity index (χ4v) is 2.89. The highest BCUT2D eigenvalue weighted by atomic mass is 15.2. The smallest absolute Gasteiger partial charge is 0.0381 e. The van der Waals surface area contributed by atoms with Gasteiger partial charge in [-0.3, -0.25) is 0 Å². The van der Waals surface area contributed by atoms with Crippen molar-refractivity contribution in [2.45, 2.75) is 19.9 Å². The van der Waals surface area contributed by atoms with Crippen molar-refractivity contribution in [1.82, 2.24) is 15.1 Å².